The maximum Gasteiger partial charge on any atom is 0.328 e. The number of carboxylic acid groups (broad SMARTS) is 2. The predicted octanol–water partition coefficient (Wildman–Crippen LogP) is 2.93. The molecule has 0 bridgehead atoms. The minimum Gasteiger partial charge on any atom is -0.478 e. The first-order valence-electron chi connectivity index (χ1n) is 14.5. The zero-order chi connectivity index (χ0) is 31.9. The minimum atomic E-state index is -1.26. The van der Waals surface area contributed by atoms with E-state index in [4.69, 9.17) is 14.9 Å². The number of rotatable bonds is 14. The van der Waals surface area contributed by atoms with Crippen molar-refractivity contribution in [3.8, 4) is 5.69 Å². The fourth-order valence-electron chi connectivity index (χ4n) is 4.93. The van der Waals surface area contributed by atoms with E-state index in [2.05, 4.69) is 29.5 Å². The summed E-state index contributed by atoms with van der Waals surface area (Å²) in [6, 6.07) is 6.33. The second kappa shape index (κ2) is 18.1. The Labute approximate surface area is 251 Å². The summed E-state index contributed by atoms with van der Waals surface area (Å²) in [5, 5.41) is 38.0. The van der Waals surface area contributed by atoms with Crippen molar-refractivity contribution in [3.05, 3.63) is 53.6 Å². The molecule has 3 rings (SSSR count). The lowest BCUT2D eigenvalue weighted by Crippen LogP contribution is -2.54. The summed E-state index contributed by atoms with van der Waals surface area (Å²) >= 11 is 0. The number of para-hydroxylation sites is 1. The van der Waals surface area contributed by atoms with Crippen LogP contribution in [0.2, 0.25) is 0 Å². The summed E-state index contributed by atoms with van der Waals surface area (Å²) < 4.78 is 21.3. The van der Waals surface area contributed by atoms with Crippen molar-refractivity contribution in [2.24, 2.45) is 11.8 Å². The zero-order valence-corrected chi connectivity index (χ0v) is 25.3. The van der Waals surface area contributed by atoms with Crippen LogP contribution in [0.5, 0.6) is 0 Å². The van der Waals surface area contributed by atoms with Crippen LogP contribution in [0, 0.1) is 17.7 Å². The van der Waals surface area contributed by atoms with E-state index in [1.165, 1.54) is 10.7 Å². The molecule has 1 fully saturated rings. The number of methoxy groups -OCH3 is 1. The predicted molar refractivity (Wildman–Crippen MR) is 157 cm³/mol. The quantitative estimate of drug-likeness (QED) is 0.186. The Balaban J connectivity index is 0.000000708. The number of unbranched alkanes of at least 4 members (excludes halogenated alkanes) is 1. The third kappa shape index (κ3) is 11.2. The molecule has 2 aromatic rings. The fraction of sp³-hybridized carbons (Fsp3) is 0.567. The van der Waals surface area contributed by atoms with Gasteiger partial charge >= 0.3 is 11.9 Å². The molecular weight excluding hydrogens is 561 g/mol. The van der Waals surface area contributed by atoms with Crippen LogP contribution in [0.3, 0.4) is 0 Å². The van der Waals surface area contributed by atoms with Crippen molar-refractivity contribution in [1.82, 2.24) is 25.2 Å². The summed E-state index contributed by atoms with van der Waals surface area (Å²) in [5.41, 5.74) is 1.16. The van der Waals surface area contributed by atoms with Crippen LogP contribution in [-0.4, -0.2) is 98.6 Å². The van der Waals surface area contributed by atoms with Crippen LogP contribution in [0.1, 0.15) is 62.6 Å². The van der Waals surface area contributed by atoms with Crippen LogP contribution in [0.15, 0.2) is 36.4 Å². The van der Waals surface area contributed by atoms with Crippen LogP contribution >= 0.6 is 0 Å². The number of aliphatic carboxylic acids is 2. The van der Waals surface area contributed by atoms with Crippen molar-refractivity contribution < 1.29 is 38.8 Å². The van der Waals surface area contributed by atoms with E-state index in [9.17, 15) is 23.9 Å². The summed E-state index contributed by atoms with van der Waals surface area (Å²) in [4.78, 5) is 34.9. The minimum absolute atomic E-state index is 0.0650. The monoisotopic (exact) mass is 605 g/mol. The first-order chi connectivity index (χ1) is 20.5. The zero-order valence-electron chi connectivity index (χ0n) is 25.3. The van der Waals surface area contributed by atoms with Crippen LogP contribution < -0.4 is 5.32 Å². The van der Waals surface area contributed by atoms with E-state index in [0.717, 1.165) is 25.8 Å². The molecule has 13 heteroatoms. The first-order valence-corrected chi connectivity index (χ1v) is 14.5. The lowest BCUT2D eigenvalue weighted by atomic mass is 9.88. The Morgan fingerprint density at radius 1 is 1.16 bits per heavy atom. The molecule has 0 spiro atoms. The number of ether oxygens (including phenoxy) is 1. The smallest absolute Gasteiger partial charge is 0.328 e. The molecule has 1 unspecified atom stereocenters. The molecule has 0 aliphatic carbocycles. The molecule has 1 aromatic heterocycles. The van der Waals surface area contributed by atoms with Gasteiger partial charge in [0.25, 0.3) is 5.91 Å². The molecule has 3 atom stereocenters. The second-order valence-corrected chi connectivity index (χ2v) is 10.8. The molecule has 1 aliphatic rings. The van der Waals surface area contributed by atoms with Crippen molar-refractivity contribution in [2.45, 2.75) is 65.0 Å². The van der Waals surface area contributed by atoms with Gasteiger partial charge in [-0.05, 0) is 56.1 Å². The molecule has 1 aliphatic heterocycles. The van der Waals surface area contributed by atoms with Gasteiger partial charge in [0.15, 0.2) is 5.69 Å². The van der Waals surface area contributed by atoms with Gasteiger partial charge in [0, 0.05) is 51.5 Å². The highest BCUT2D eigenvalue weighted by Gasteiger charge is 2.35. The summed E-state index contributed by atoms with van der Waals surface area (Å²) in [5.74, 6) is -2.78. The number of aromatic nitrogens is 3. The summed E-state index contributed by atoms with van der Waals surface area (Å²) in [6.45, 7) is 8.71. The highest BCUT2D eigenvalue weighted by Crippen LogP contribution is 2.25. The van der Waals surface area contributed by atoms with E-state index in [0.29, 0.717) is 50.4 Å². The number of carbonyl (C=O) groups is 3. The lowest BCUT2D eigenvalue weighted by Gasteiger charge is -2.40. The van der Waals surface area contributed by atoms with Gasteiger partial charge in [-0.15, -0.1) is 5.10 Å². The Morgan fingerprint density at radius 3 is 2.42 bits per heavy atom. The number of hydrogen-bond donors (Lipinski definition) is 4. The summed E-state index contributed by atoms with van der Waals surface area (Å²) in [6.07, 6.45) is 4.22. The number of amides is 1. The molecule has 1 amide bonds. The average molecular weight is 606 g/mol. The fourth-order valence-corrected chi connectivity index (χ4v) is 4.93. The molecular formula is C30H44FN5O7. The number of nitrogens with one attached hydrogen (secondary N) is 1. The maximum absolute atomic E-state index is 14.6. The standard InChI is InChI=1S/C26H40FN5O3.C4H4O4/c1-5-24(33)19-14-20(16-28-15-19)31(17-18(2)3)26(34)25-23(12-8-9-13-35-4)32(30-29-25)22-11-7-6-10-21(22)27;5-3(6)1-2-4(7)8/h6-7,10-11,18-20,24,28,33H,5,8-9,12-17H2,1-4H3;1-2H,(H,5,6)(H,7,8)/b;2-1+/t19-,20+,24?;/m1./s1. The number of carboxylic acids is 2. The molecule has 1 aromatic carbocycles. The number of carbonyl (C=O) groups excluding carboxylic acids is 1. The number of aliphatic hydroxyl groups is 1. The maximum atomic E-state index is 14.6. The SMILES string of the molecule is CCC(O)[C@H]1CNC[C@@H](N(CC(C)C)C(=O)c2nnn(-c3ccccc3F)c2CCCCOC)C1.O=C(O)/C=C/C(=O)O. The third-order valence-electron chi connectivity index (χ3n) is 7.01. The van der Waals surface area contributed by atoms with Gasteiger partial charge in [-0.2, -0.15) is 0 Å². The van der Waals surface area contributed by atoms with E-state index in [-0.39, 0.29) is 35.2 Å². The van der Waals surface area contributed by atoms with Gasteiger partial charge in [-0.3, -0.25) is 4.79 Å². The molecule has 2 heterocycles. The van der Waals surface area contributed by atoms with Gasteiger partial charge < -0.3 is 30.3 Å². The van der Waals surface area contributed by atoms with E-state index < -0.39 is 23.9 Å². The third-order valence-corrected chi connectivity index (χ3v) is 7.01. The largest absolute Gasteiger partial charge is 0.478 e. The van der Waals surface area contributed by atoms with Crippen molar-refractivity contribution in [3.63, 3.8) is 0 Å². The lowest BCUT2D eigenvalue weighted by molar-refractivity contribution is -0.134. The number of aliphatic hydroxyl groups excluding tert-OH is 1. The van der Waals surface area contributed by atoms with Crippen molar-refractivity contribution in [1.29, 1.82) is 0 Å². The molecule has 0 radical (unpaired) electrons. The van der Waals surface area contributed by atoms with E-state index in [1.54, 1.807) is 25.3 Å². The first kappa shape index (κ1) is 35.5. The van der Waals surface area contributed by atoms with Gasteiger partial charge in [0.1, 0.15) is 11.5 Å². The van der Waals surface area contributed by atoms with E-state index >= 15 is 0 Å². The Kier molecular flexibility index (Phi) is 14.9. The highest BCUT2D eigenvalue weighted by molar-refractivity contribution is 5.93. The topological polar surface area (TPSA) is 167 Å². The van der Waals surface area contributed by atoms with E-state index in [1.807, 2.05) is 11.8 Å². The molecule has 12 nitrogen and oxygen atoms in total. The number of piperidine rings is 1. The average Bonchev–Trinajstić information content (AvgIpc) is 3.40. The van der Waals surface area contributed by atoms with Crippen molar-refractivity contribution in [2.75, 3.05) is 33.4 Å². The van der Waals surface area contributed by atoms with Crippen molar-refractivity contribution >= 4 is 17.8 Å². The molecule has 1 saturated heterocycles. The van der Waals surface area contributed by atoms with Crippen LogP contribution in [0.4, 0.5) is 4.39 Å². The molecule has 238 valence electrons. The number of benzene rings is 1. The van der Waals surface area contributed by atoms with Gasteiger partial charge in [-0.1, -0.05) is 38.1 Å². The van der Waals surface area contributed by atoms with Gasteiger partial charge in [-0.25, -0.2) is 18.7 Å². The molecule has 4 N–H and O–H groups in total. The Bertz CT molecular complexity index is 1200. The summed E-state index contributed by atoms with van der Waals surface area (Å²) in [7, 11) is 1.66. The molecule has 0 saturated carbocycles. The molecule has 43 heavy (non-hydrogen) atoms. The van der Waals surface area contributed by atoms with Crippen LogP contribution in [0.25, 0.3) is 5.69 Å². The highest BCUT2D eigenvalue weighted by atomic mass is 19.1. The second-order valence-electron chi connectivity index (χ2n) is 10.8. The Morgan fingerprint density at radius 2 is 1.84 bits per heavy atom. The number of halogens is 1. The van der Waals surface area contributed by atoms with Gasteiger partial charge in [0.2, 0.25) is 0 Å². The number of hydrogen-bond acceptors (Lipinski definition) is 8. The normalized spacial score (nSPS) is 17.4. The van der Waals surface area contributed by atoms with Crippen LogP contribution in [-0.2, 0) is 20.7 Å². The number of nitrogens with zero attached hydrogens (tertiary/aromatic N) is 4. The van der Waals surface area contributed by atoms with Gasteiger partial charge in [0.05, 0.1) is 11.8 Å². The Hall–Kier alpha value is -3.68.